The van der Waals surface area contributed by atoms with Crippen molar-refractivity contribution in [2.75, 3.05) is 88.2 Å². The number of likely N-dealkylation sites (N-methyl/N-ethyl adjacent to an activating group) is 3. The molecule has 4 amide bonds. The van der Waals surface area contributed by atoms with Gasteiger partial charge in [0.15, 0.2) is 11.0 Å². The lowest BCUT2D eigenvalue weighted by molar-refractivity contribution is 0.0631. The maximum atomic E-state index is 13.4. The third-order valence-corrected chi connectivity index (χ3v) is 15.3. The predicted octanol–water partition coefficient (Wildman–Crippen LogP) is 3.36. The Bertz CT molecular complexity index is 3760. The number of nitrogens with one attached hydrogen (secondary N) is 5. The van der Waals surface area contributed by atoms with Gasteiger partial charge in [-0.2, -0.15) is 10.5 Å². The van der Waals surface area contributed by atoms with Gasteiger partial charge in [0.05, 0.1) is 5.69 Å². The van der Waals surface area contributed by atoms with Crippen LogP contribution in [0.25, 0.3) is 0 Å². The summed E-state index contributed by atoms with van der Waals surface area (Å²) in [7, 11) is 5.93. The molecule has 3 saturated heterocycles. The molecular weight excluding hydrogens is 1120 g/mol. The molecule has 452 valence electrons. The SMILES string of the molecule is Cc1cc(N)c(=O)n2c1C(=O)N[C@@]21CCCN(C)C1.Cc1cc(NC(=O)OC(C)(C)C)c(=O)n2c1C(=O)N[C@@]21CCCN(C)C1.Cc1cc(Nc2ncnc(N)c2C#N)c(=O)n2c1C(=O)N[C@@]21CCCN(C)C1.N#Cc1c(N)ncnc1Cl.[2H]CC. The summed E-state index contributed by atoms with van der Waals surface area (Å²) in [6.45, 7) is 17.4. The van der Waals surface area contributed by atoms with Crippen molar-refractivity contribution in [3.8, 4) is 12.1 Å². The molecule has 11 rings (SSSR count). The number of nitriles is 2. The number of nitrogens with two attached hydrogens (primary N) is 3. The minimum absolute atomic E-state index is 0.0280. The fourth-order valence-corrected chi connectivity index (χ4v) is 11.9. The molecule has 5 aromatic heterocycles. The molecule has 6 aliphatic rings. The van der Waals surface area contributed by atoms with E-state index in [2.05, 4.69) is 61.2 Å². The molecule has 11 N–H and O–H groups in total. The number of aryl methyl sites for hydroxylation is 3. The zero-order valence-corrected chi connectivity index (χ0v) is 50.1. The average Bonchev–Trinajstić information content (AvgIpc) is 1.64. The van der Waals surface area contributed by atoms with Gasteiger partial charge in [-0.15, -0.1) is 0 Å². The highest BCUT2D eigenvalue weighted by Gasteiger charge is 2.49. The van der Waals surface area contributed by atoms with E-state index in [0.717, 1.165) is 50.9 Å². The molecule has 0 unspecified atom stereocenters. The fourth-order valence-electron chi connectivity index (χ4n) is 11.7. The number of hydrogen-bond acceptors (Lipinski definition) is 21. The zero-order valence-electron chi connectivity index (χ0n) is 50.3. The Morgan fingerprint density at radius 1 is 0.659 bits per heavy atom. The van der Waals surface area contributed by atoms with Crippen molar-refractivity contribution in [2.24, 2.45) is 0 Å². The molecule has 0 bridgehead atoms. The van der Waals surface area contributed by atoms with Crippen LogP contribution in [0.1, 0.15) is 134 Å². The smallest absolute Gasteiger partial charge is 0.412 e. The molecule has 0 aliphatic carbocycles. The van der Waals surface area contributed by atoms with Crippen LogP contribution >= 0.6 is 11.6 Å². The van der Waals surface area contributed by atoms with Gasteiger partial charge in [-0.1, -0.05) is 25.4 Å². The standard InChI is InChI=1S/C18H20N8O2.C18H26N4O4.C13H18N4O2.C5H3ClN4.C2H6/c1-10-6-12(23-15-11(7-19)14(20)21-9-22-15)17(28)26-13(10)16(27)24-18(26)4-3-5-25(2)8-18;1-11-9-12(19-16(25)26-17(2,3)4)15(24)22-13(11)14(23)20-18(22)7-6-8-21(5)10-18;1-8-6-9(14)12(19)17-10(8)11(18)15-13(17)4-3-5-16(2)7-13;6-4-3(1-7)5(8)10-2-9-4;1-2/h6,9H,3-5,8H2,1-2H3,(H,24,27)(H3,20,21,22,23);9H,6-8,10H2,1-5H3,(H,19,25)(H,20,23);6H,3-5,7,14H2,1-2H3,(H,15,18);2H,(H2,8,9,10);1-2H3/t2*18-;13-;;/m000../s1/i;;;;1D. The van der Waals surface area contributed by atoms with Crippen molar-refractivity contribution in [2.45, 2.75) is 116 Å². The Hall–Kier alpha value is -8.96. The number of amides is 4. The molecule has 0 radical (unpaired) electrons. The maximum absolute atomic E-state index is 13.4. The quantitative estimate of drug-likeness (QED) is 0.120. The molecule has 3 atom stereocenters. The summed E-state index contributed by atoms with van der Waals surface area (Å²) in [4.78, 5) is 110. The summed E-state index contributed by atoms with van der Waals surface area (Å²) in [5.74, 6) is -0.383. The van der Waals surface area contributed by atoms with Gasteiger partial charge in [0, 0.05) is 21.0 Å². The van der Waals surface area contributed by atoms with Gasteiger partial charge in [-0.05, 0) is 156 Å². The summed E-state index contributed by atoms with van der Waals surface area (Å²) >= 11 is 5.48. The number of pyridine rings is 3. The number of carbonyl (C=O) groups is 4. The normalized spacial score (nSPS) is 21.2. The van der Waals surface area contributed by atoms with Crippen molar-refractivity contribution in [3.63, 3.8) is 0 Å². The van der Waals surface area contributed by atoms with E-state index in [-0.39, 0.29) is 79.6 Å². The van der Waals surface area contributed by atoms with Gasteiger partial charge in [-0.25, -0.2) is 24.7 Å². The Balaban J connectivity index is 0.000000169. The first-order valence-corrected chi connectivity index (χ1v) is 27.7. The number of aromatic nitrogens is 7. The molecule has 0 aromatic carbocycles. The number of nitrogen functional groups attached to an aromatic ring is 3. The first kappa shape index (κ1) is 62.1. The van der Waals surface area contributed by atoms with E-state index in [1.54, 1.807) is 68.9 Å². The Morgan fingerprint density at radius 2 is 1.05 bits per heavy atom. The number of rotatable bonds is 3. The highest BCUT2D eigenvalue weighted by molar-refractivity contribution is 6.30. The largest absolute Gasteiger partial charge is 0.444 e. The van der Waals surface area contributed by atoms with E-state index in [1.807, 2.05) is 34.1 Å². The number of nitrogens with zero attached hydrogens (tertiary/aromatic N) is 12. The van der Waals surface area contributed by atoms with Crippen molar-refractivity contribution < 1.29 is 25.3 Å². The monoisotopic (exact) mass is 1190 g/mol. The van der Waals surface area contributed by atoms with Gasteiger partial charge >= 0.3 is 6.09 Å². The van der Waals surface area contributed by atoms with E-state index in [9.17, 15) is 38.8 Å². The molecule has 29 heteroatoms. The second-order valence-electron chi connectivity index (χ2n) is 22.6. The summed E-state index contributed by atoms with van der Waals surface area (Å²) in [6, 6.07) is 8.44. The number of piperidine rings is 3. The molecule has 3 spiro atoms. The summed E-state index contributed by atoms with van der Waals surface area (Å²) in [5.41, 5.74) is 16.9. The van der Waals surface area contributed by atoms with Gasteiger partial charge in [0.2, 0.25) is 0 Å². The summed E-state index contributed by atoms with van der Waals surface area (Å²) < 4.78 is 16.1. The van der Waals surface area contributed by atoms with Crippen LogP contribution in [-0.2, 0) is 21.7 Å². The second-order valence-corrected chi connectivity index (χ2v) is 23.0. The molecule has 6 aliphatic heterocycles. The van der Waals surface area contributed by atoms with Gasteiger partial charge < -0.3 is 57.9 Å². The van der Waals surface area contributed by atoms with Gasteiger partial charge in [0.1, 0.15) is 98.6 Å². The molecule has 0 saturated carbocycles. The van der Waals surface area contributed by atoms with Crippen LogP contribution in [0.3, 0.4) is 0 Å². The second kappa shape index (κ2) is 25.1. The lowest BCUT2D eigenvalue weighted by Gasteiger charge is -2.39. The predicted molar refractivity (Wildman–Crippen MR) is 319 cm³/mol. The van der Waals surface area contributed by atoms with E-state index in [0.29, 0.717) is 67.6 Å². The molecule has 11 heterocycles. The Kier molecular flexibility index (Phi) is 18.3. The fraction of sp³-hybridized carbons (Fsp3) is 0.482. The lowest BCUT2D eigenvalue weighted by atomic mass is 9.98. The molecule has 5 aromatic rings. The van der Waals surface area contributed by atoms with Crippen LogP contribution in [-0.4, -0.2) is 138 Å². The molecule has 3 fully saturated rings. The van der Waals surface area contributed by atoms with Crippen LogP contribution < -0.4 is 60.5 Å². The number of anilines is 6. The van der Waals surface area contributed by atoms with Crippen LogP contribution in [0.4, 0.5) is 39.3 Å². The number of ether oxygens (including phenoxy) is 1. The lowest BCUT2D eigenvalue weighted by Crippen LogP contribution is -2.57. The number of halogens is 1. The average molecular weight is 1190 g/mol. The van der Waals surface area contributed by atoms with Gasteiger partial charge in [-0.3, -0.25) is 47.8 Å². The third kappa shape index (κ3) is 12.8. The first-order chi connectivity index (χ1) is 40.5. The van der Waals surface area contributed by atoms with E-state index < -0.39 is 34.2 Å². The molecule has 85 heavy (non-hydrogen) atoms. The van der Waals surface area contributed by atoms with Crippen molar-refractivity contribution >= 4 is 69.9 Å². The number of carbonyl (C=O) groups excluding carboxylic acids is 4. The number of fused-ring (bicyclic) bond motifs is 6. The minimum Gasteiger partial charge on any atom is -0.444 e. The van der Waals surface area contributed by atoms with Crippen LogP contribution in [0.15, 0.2) is 45.2 Å². The first-order valence-electron chi connectivity index (χ1n) is 28.0. The number of likely N-dealkylation sites (tertiary alicyclic amines) is 3. The maximum Gasteiger partial charge on any atom is 0.412 e. The minimum atomic E-state index is -0.776. The summed E-state index contributed by atoms with van der Waals surface area (Å²) in [5, 5.41) is 32.3. The molecular formula is C56H73ClN20O8. The van der Waals surface area contributed by atoms with Crippen LogP contribution in [0.5, 0.6) is 0 Å². The Labute approximate surface area is 497 Å². The number of hydrogen-bond donors (Lipinski definition) is 8. The summed E-state index contributed by atoms with van der Waals surface area (Å²) in [6.07, 6.45) is 6.51. The topological polar surface area (TPSA) is 391 Å². The highest BCUT2D eigenvalue weighted by atomic mass is 35.5. The van der Waals surface area contributed by atoms with Gasteiger partial charge in [0.25, 0.3) is 34.4 Å². The van der Waals surface area contributed by atoms with E-state index in [1.165, 1.54) is 23.3 Å². The highest BCUT2D eigenvalue weighted by Crippen LogP contribution is 2.36. The van der Waals surface area contributed by atoms with Crippen LogP contribution in [0.2, 0.25) is 5.15 Å². The van der Waals surface area contributed by atoms with E-state index in [4.69, 9.17) is 40.2 Å². The van der Waals surface area contributed by atoms with E-state index >= 15 is 0 Å². The van der Waals surface area contributed by atoms with Crippen molar-refractivity contribution in [1.82, 2.24) is 64.3 Å². The van der Waals surface area contributed by atoms with Crippen LogP contribution in [0, 0.1) is 43.4 Å². The molecule has 28 nitrogen and oxygen atoms in total. The zero-order chi connectivity index (χ0) is 63.4. The van der Waals surface area contributed by atoms with Crippen molar-refractivity contribution in [3.05, 3.63) is 112 Å². The van der Waals surface area contributed by atoms with Crippen molar-refractivity contribution in [1.29, 1.82) is 10.5 Å². The Morgan fingerprint density at radius 3 is 1.45 bits per heavy atom. The third-order valence-electron chi connectivity index (χ3n) is 15.0.